The number of carbonyl (C=O) groups excluding carboxylic acids is 1. The van der Waals surface area contributed by atoms with Crippen molar-refractivity contribution in [2.75, 3.05) is 11.9 Å². The number of alkyl halides is 3. The lowest BCUT2D eigenvalue weighted by atomic mass is 9.92. The molecule has 0 fully saturated rings. The zero-order valence-corrected chi connectivity index (χ0v) is 15.8. The largest absolute Gasteiger partial charge is 0.445 e. The summed E-state index contributed by atoms with van der Waals surface area (Å²) < 4.78 is 4.98. The predicted molar refractivity (Wildman–Crippen MR) is 97.5 cm³/mol. The topological polar surface area (TPSA) is 56.1 Å². The van der Waals surface area contributed by atoms with Gasteiger partial charge < -0.3 is 4.74 Å². The molecular formula is C16H18Cl3N3O2. The highest BCUT2D eigenvalue weighted by atomic mass is 35.6. The highest BCUT2D eigenvalue weighted by molar-refractivity contribution is 6.67. The van der Waals surface area contributed by atoms with E-state index in [1.165, 1.54) is 0 Å². The number of rotatable bonds is 3. The Morgan fingerprint density at radius 2 is 1.83 bits per heavy atom. The van der Waals surface area contributed by atoms with Crippen LogP contribution in [0.4, 0.5) is 10.6 Å². The molecule has 0 unspecified atom stereocenters. The van der Waals surface area contributed by atoms with Gasteiger partial charge in [0.2, 0.25) is 3.79 Å². The lowest BCUT2D eigenvalue weighted by molar-refractivity contribution is 0.164. The number of amides is 1. The monoisotopic (exact) mass is 389 g/mol. The number of hydrogen-bond donors (Lipinski definition) is 1. The average Bonchev–Trinajstić information content (AvgIpc) is 2.89. The number of carbonyl (C=O) groups is 1. The number of para-hydroxylation sites is 1. The molecule has 5 nitrogen and oxygen atoms in total. The maximum Gasteiger partial charge on any atom is 0.413 e. The molecule has 0 spiro atoms. The van der Waals surface area contributed by atoms with Gasteiger partial charge in [0.15, 0.2) is 5.82 Å². The van der Waals surface area contributed by atoms with Gasteiger partial charge in [-0.3, -0.25) is 5.32 Å². The Balaban J connectivity index is 2.24. The lowest BCUT2D eigenvalue weighted by Crippen LogP contribution is -2.21. The highest BCUT2D eigenvalue weighted by Crippen LogP contribution is 2.28. The Labute approximate surface area is 155 Å². The van der Waals surface area contributed by atoms with Crippen molar-refractivity contribution >= 4 is 46.7 Å². The van der Waals surface area contributed by atoms with Gasteiger partial charge in [-0.2, -0.15) is 0 Å². The van der Waals surface area contributed by atoms with Gasteiger partial charge in [0, 0.05) is 11.5 Å². The molecule has 130 valence electrons. The molecule has 0 saturated carbocycles. The van der Waals surface area contributed by atoms with Gasteiger partial charge in [-0.05, 0) is 12.1 Å². The van der Waals surface area contributed by atoms with E-state index in [4.69, 9.17) is 39.5 Å². The van der Waals surface area contributed by atoms with Gasteiger partial charge in [0.05, 0.1) is 11.4 Å². The molecule has 24 heavy (non-hydrogen) atoms. The Kier molecular flexibility index (Phi) is 5.68. The first-order valence-electron chi connectivity index (χ1n) is 7.23. The molecule has 1 aromatic heterocycles. The minimum Gasteiger partial charge on any atom is -0.445 e. The molecule has 0 bridgehead atoms. The van der Waals surface area contributed by atoms with Crippen LogP contribution >= 0.6 is 34.8 Å². The Morgan fingerprint density at radius 3 is 2.38 bits per heavy atom. The number of hydrogen-bond acceptors (Lipinski definition) is 3. The van der Waals surface area contributed by atoms with Gasteiger partial charge in [-0.25, -0.2) is 9.48 Å². The van der Waals surface area contributed by atoms with Crippen molar-refractivity contribution in [3.05, 3.63) is 42.1 Å². The van der Waals surface area contributed by atoms with E-state index in [1.54, 1.807) is 10.7 Å². The molecule has 1 N–H and O–H groups in total. The molecule has 0 aliphatic rings. The van der Waals surface area contributed by atoms with Crippen molar-refractivity contribution in [2.24, 2.45) is 0 Å². The number of anilines is 1. The van der Waals surface area contributed by atoms with E-state index in [0.717, 1.165) is 11.4 Å². The number of ether oxygens (including phenoxy) is 1. The van der Waals surface area contributed by atoms with Crippen molar-refractivity contribution < 1.29 is 9.53 Å². The van der Waals surface area contributed by atoms with E-state index in [2.05, 4.69) is 31.2 Å². The minimum absolute atomic E-state index is 0.176. The van der Waals surface area contributed by atoms with Crippen molar-refractivity contribution in [2.45, 2.75) is 30.0 Å². The number of aromatic nitrogens is 2. The Morgan fingerprint density at radius 1 is 1.21 bits per heavy atom. The second kappa shape index (κ2) is 7.21. The molecule has 2 aromatic rings. The third kappa shape index (κ3) is 5.30. The van der Waals surface area contributed by atoms with Crippen LogP contribution in [0.5, 0.6) is 0 Å². The maximum absolute atomic E-state index is 11.8. The Bertz CT molecular complexity index is 704. The van der Waals surface area contributed by atoms with Crippen molar-refractivity contribution in [1.29, 1.82) is 0 Å². The summed E-state index contributed by atoms with van der Waals surface area (Å²) in [6.07, 6.45) is -0.737. The molecule has 1 amide bonds. The van der Waals surface area contributed by atoms with Crippen LogP contribution in [0.1, 0.15) is 26.5 Å². The van der Waals surface area contributed by atoms with Gasteiger partial charge >= 0.3 is 6.09 Å². The zero-order valence-electron chi connectivity index (χ0n) is 13.5. The average molecular weight is 391 g/mol. The van der Waals surface area contributed by atoms with E-state index < -0.39 is 9.89 Å². The van der Waals surface area contributed by atoms with E-state index in [-0.39, 0.29) is 12.0 Å². The van der Waals surface area contributed by atoms with Crippen molar-refractivity contribution in [1.82, 2.24) is 9.78 Å². The van der Waals surface area contributed by atoms with Crippen LogP contribution in [0.15, 0.2) is 36.4 Å². The first-order chi connectivity index (χ1) is 11.1. The summed E-state index contributed by atoms with van der Waals surface area (Å²) in [4.78, 5) is 11.8. The first-order valence-corrected chi connectivity index (χ1v) is 8.36. The van der Waals surface area contributed by atoms with Crippen LogP contribution in [0.25, 0.3) is 5.69 Å². The Hall–Kier alpha value is -1.43. The SMILES string of the molecule is CC(C)(C)c1cc(NC(=O)OCC(Cl)(Cl)Cl)nn1-c1ccccc1. The number of benzene rings is 1. The van der Waals surface area contributed by atoms with Crippen LogP contribution in [-0.2, 0) is 10.2 Å². The quantitative estimate of drug-likeness (QED) is 0.743. The van der Waals surface area contributed by atoms with Gasteiger partial charge in [-0.1, -0.05) is 73.8 Å². The minimum atomic E-state index is -1.66. The van der Waals surface area contributed by atoms with Crippen LogP contribution in [0.2, 0.25) is 0 Å². The summed E-state index contributed by atoms with van der Waals surface area (Å²) >= 11 is 16.7. The summed E-state index contributed by atoms with van der Waals surface area (Å²) in [5.41, 5.74) is 1.65. The zero-order chi connectivity index (χ0) is 18.0. The molecule has 1 aromatic carbocycles. The number of halogens is 3. The summed E-state index contributed by atoms with van der Waals surface area (Å²) in [5.74, 6) is 0.359. The lowest BCUT2D eigenvalue weighted by Gasteiger charge is -2.19. The first kappa shape index (κ1) is 18.9. The van der Waals surface area contributed by atoms with E-state index >= 15 is 0 Å². The summed E-state index contributed by atoms with van der Waals surface area (Å²) in [5, 5.41) is 6.99. The fourth-order valence-corrected chi connectivity index (χ4v) is 2.19. The number of nitrogens with one attached hydrogen (secondary N) is 1. The number of nitrogens with zero attached hydrogens (tertiary/aromatic N) is 2. The molecule has 2 rings (SSSR count). The fourth-order valence-electron chi connectivity index (χ4n) is 2.03. The maximum atomic E-state index is 11.8. The van der Waals surface area contributed by atoms with E-state index in [1.807, 2.05) is 30.3 Å². The molecule has 8 heteroatoms. The van der Waals surface area contributed by atoms with E-state index in [9.17, 15) is 4.79 Å². The van der Waals surface area contributed by atoms with Crippen LogP contribution in [0, 0.1) is 0 Å². The molecule has 0 atom stereocenters. The van der Waals surface area contributed by atoms with Gasteiger partial charge in [-0.15, -0.1) is 5.10 Å². The molecule has 1 heterocycles. The summed E-state index contributed by atoms with van der Waals surface area (Å²) in [6.45, 7) is 5.84. The van der Waals surface area contributed by atoms with Crippen molar-refractivity contribution in [3.63, 3.8) is 0 Å². The standard InChI is InChI=1S/C16H18Cl3N3O2/c1-15(2,3)12-9-13(20-14(23)24-10-16(17,18)19)21-22(12)11-7-5-4-6-8-11/h4-9H,10H2,1-3H3,(H,20,21,23). The van der Waals surface area contributed by atoms with Crippen LogP contribution in [0.3, 0.4) is 0 Å². The molecule has 0 aliphatic heterocycles. The van der Waals surface area contributed by atoms with Gasteiger partial charge in [0.1, 0.15) is 6.61 Å². The molecule has 0 aliphatic carbocycles. The van der Waals surface area contributed by atoms with Gasteiger partial charge in [0.25, 0.3) is 0 Å². The predicted octanol–water partition coefficient (Wildman–Crippen LogP) is 5.09. The summed E-state index contributed by atoms with van der Waals surface area (Å²) in [7, 11) is 0. The molecular weight excluding hydrogens is 373 g/mol. The normalized spacial score (nSPS) is 12.1. The molecule has 0 saturated heterocycles. The van der Waals surface area contributed by atoms with Crippen LogP contribution < -0.4 is 5.32 Å². The third-order valence-corrected chi connectivity index (χ3v) is 3.40. The molecule has 0 radical (unpaired) electrons. The van der Waals surface area contributed by atoms with E-state index in [0.29, 0.717) is 5.82 Å². The summed E-state index contributed by atoms with van der Waals surface area (Å²) in [6, 6.07) is 11.4. The van der Waals surface area contributed by atoms with Crippen molar-refractivity contribution in [3.8, 4) is 5.69 Å². The van der Waals surface area contributed by atoms with Crippen LogP contribution in [-0.4, -0.2) is 26.3 Å². The third-order valence-electron chi connectivity index (χ3n) is 3.08. The second-order valence-corrected chi connectivity index (χ2v) is 8.74. The highest BCUT2D eigenvalue weighted by Gasteiger charge is 2.24. The second-order valence-electron chi connectivity index (χ2n) is 6.23. The smallest absolute Gasteiger partial charge is 0.413 e. The fraction of sp³-hybridized carbons (Fsp3) is 0.375.